The molecule has 1 N–H and O–H groups in total. The maximum absolute atomic E-state index is 5.70. The summed E-state index contributed by atoms with van der Waals surface area (Å²) >= 11 is 1.93. The molecule has 0 fully saturated rings. The van der Waals surface area contributed by atoms with Crippen LogP contribution in [0.2, 0.25) is 0 Å². The number of hydrogen-bond acceptors (Lipinski definition) is 3. The summed E-state index contributed by atoms with van der Waals surface area (Å²) in [6.07, 6.45) is 6.33. The van der Waals surface area contributed by atoms with Crippen molar-refractivity contribution in [2.45, 2.75) is 45.8 Å². The highest BCUT2D eigenvalue weighted by molar-refractivity contribution is 7.98. The van der Waals surface area contributed by atoms with Gasteiger partial charge in [0, 0.05) is 6.54 Å². The van der Waals surface area contributed by atoms with Crippen LogP contribution in [0.15, 0.2) is 24.3 Å². The van der Waals surface area contributed by atoms with Crippen molar-refractivity contribution < 1.29 is 4.74 Å². The maximum atomic E-state index is 5.70. The highest BCUT2D eigenvalue weighted by Gasteiger charge is 1.99. The normalized spacial score (nSPS) is 10.9. The van der Waals surface area contributed by atoms with Gasteiger partial charge in [-0.3, -0.25) is 0 Å². The van der Waals surface area contributed by atoms with E-state index in [-0.39, 0.29) is 6.10 Å². The van der Waals surface area contributed by atoms with Gasteiger partial charge < -0.3 is 10.1 Å². The highest BCUT2D eigenvalue weighted by atomic mass is 32.2. The van der Waals surface area contributed by atoms with E-state index in [1.54, 1.807) is 0 Å². The van der Waals surface area contributed by atoms with Crippen molar-refractivity contribution in [3.8, 4) is 5.75 Å². The molecule has 0 radical (unpaired) electrons. The van der Waals surface area contributed by atoms with Gasteiger partial charge in [0.05, 0.1) is 6.10 Å². The Kier molecular flexibility index (Phi) is 8.76. The number of rotatable bonds is 10. The Morgan fingerprint density at radius 1 is 1.21 bits per heavy atom. The van der Waals surface area contributed by atoms with Gasteiger partial charge in [-0.15, -0.1) is 0 Å². The van der Waals surface area contributed by atoms with Crippen molar-refractivity contribution in [3.05, 3.63) is 29.8 Å². The third-order valence-corrected chi connectivity index (χ3v) is 3.50. The van der Waals surface area contributed by atoms with Gasteiger partial charge in [-0.1, -0.05) is 18.6 Å². The number of nitrogens with one attached hydrogen (secondary N) is 1. The standard InChI is InChI=1S/C16H27NOS/c1-14(2)18-16-9-7-8-15(12-16)13-17-10-5-4-6-11-19-3/h7-9,12,14,17H,4-6,10-11,13H2,1-3H3. The fourth-order valence-corrected chi connectivity index (χ4v) is 2.40. The molecule has 3 heteroatoms. The van der Waals surface area contributed by atoms with Crippen LogP contribution in [0.5, 0.6) is 5.75 Å². The quantitative estimate of drug-likeness (QED) is 0.653. The summed E-state index contributed by atoms with van der Waals surface area (Å²) in [5, 5.41) is 3.50. The van der Waals surface area contributed by atoms with Gasteiger partial charge in [0.1, 0.15) is 5.75 Å². The number of benzene rings is 1. The van der Waals surface area contributed by atoms with Crippen LogP contribution >= 0.6 is 11.8 Å². The van der Waals surface area contributed by atoms with E-state index in [4.69, 9.17) is 4.74 Å². The largest absolute Gasteiger partial charge is 0.491 e. The van der Waals surface area contributed by atoms with Gasteiger partial charge in [0.15, 0.2) is 0 Å². The zero-order chi connectivity index (χ0) is 13.9. The minimum Gasteiger partial charge on any atom is -0.491 e. The highest BCUT2D eigenvalue weighted by Crippen LogP contribution is 2.14. The molecule has 108 valence electrons. The number of ether oxygens (including phenoxy) is 1. The molecule has 1 aromatic carbocycles. The minimum atomic E-state index is 0.236. The number of hydrogen-bond donors (Lipinski definition) is 1. The summed E-state index contributed by atoms with van der Waals surface area (Å²) < 4.78 is 5.70. The van der Waals surface area contributed by atoms with Gasteiger partial charge in [-0.2, -0.15) is 11.8 Å². The van der Waals surface area contributed by atoms with Crippen LogP contribution in [-0.2, 0) is 6.54 Å². The molecule has 1 rings (SSSR count). The van der Waals surface area contributed by atoms with E-state index in [1.165, 1.54) is 30.6 Å². The maximum Gasteiger partial charge on any atom is 0.120 e. The molecular weight excluding hydrogens is 254 g/mol. The Morgan fingerprint density at radius 3 is 2.79 bits per heavy atom. The lowest BCUT2D eigenvalue weighted by Crippen LogP contribution is -2.15. The fourth-order valence-electron chi connectivity index (χ4n) is 1.91. The molecule has 0 aliphatic rings. The Balaban J connectivity index is 2.18. The molecule has 0 aromatic heterocycles. The second-order valence-corrected chi connectivity index (χ2v) is 6.03. The first-order chi connectivity index (χ1) is 9.22. The fraction of sp³-hybridized carbons (Fsp3) is 0.625. The second kappa shape index (κ2) is 10.2. The summed E-state index contributed by atoms with van der Waals surface area (Å²) in [7, 11) is 0. The lowest BCUT2D eigenvalue weighted by molar-refractivity contribution is 0.242. The van der Waals surface area contributed by atoms with E-state index >= 15 is 0 Å². The molecule has 0 saturated carbocycles. The van der Waals surface area contributed by atoms with E-state index in [9.17, 15) is 0 Å². The molecule has 0 heterocycles. The van der Waals surface area contributed by atoms with Gasteiger partial charge in [-0.05, 0) is 62.9 Å². The van der Waals surface area contributed by atoms with Crippen molar-refractivity contribution in [3.63, 3.8) is 0 Å². The van der Waals surface area contributed by atoms with E-state index in [0.29, 0.717) is 0 Å². The van der Waals surface area contributed by atoms with Crippen LogP contribution in [0.25, 0.3) is 0 Å². The van der Waals surface area contributed by atoms with Gasteiger partial charge in [0.25, 0.3) is 0 Å². The summed E-state index contributed by atoms with van der Waals surface area (Å²) in [5.41, 5.74) is 1.29. The smallest absolute Gasteiger partial charge is 0.120 e. The van der Waals surface area contributed by atoms with Crippen molar-refractivity contribution in [2.75, 3.05) is 18.6 Å². The van der Waals surface area contributed by atoms with Crippen LogP contribution < -0.4 is 10.1 Å². The Hall–Kier alpha value is -0.670. The minimum absolute atomic E-state index is 0.236. The van der Waals surface area contributed by atoms with Crippen LogP contribution in [0.4, 0.5) is 0 Å². The molecule has 19 heavy (non-hydrogen) atoms. The zero-order valence-corrected chi connectivity index (χ0v) is 13.3. The summed E-state index contributed by atoms with van der Waals surface area (Å²) in [5.74, 6) is 2.25. The molecule has 0 amide bonds. The Morgan fingerprint density at radius 2 is 2.05 bits per heavy atom. The molecule has 2 nitrogen and oxygen atoms in total. The molecule has 0 saturated heterocycles. The van der Waals surface area contributed by atoms with Gasteiger partial charge in [-0.25, -0.2) is 0 Å². The Bertz CT molecular complexity index is 341. The predicted molar refractivity (Wildman–Crippen MR) is 86.1 cm³/mol. The molecule has 0 atom stereocenters. The summed E-state index contributed by atoms with van der Waals surface area (Å²) in [6.45, 7) is 6.14. The van der Waals surface area contributed by atoms with Gasteiger partial charge >= 0.3 is 0 Å². The average molecular weight is 281 g/mol. The summed E-state index contributed by atoms with van der Waals surface area (Å²) in [6, 6.07) is 8.35. The van der Waals surface area contributed by atoms with Crippen molar-refractivity contribution >= 4 is 11.8 Å². The van der Waals surface area contributed by atoms with Crippen LogP contribution in [-0.4, -0.2) is 24.7 Å². The first-order valence-corrected chi connectivity index (χ1v) is 8.57. The first-order valence-electron chi connectivity index (χ1n) is 7.17. The van der Waals surface area contributed by atoms with Crippen LogP contribution in [0.3, 0.4) is 0 Å². The number of unbranched alkanes of at least 4 members (excludes halogenated alkanes) is 2. The first kappa shape index (κ1) is 16.4. The monoisotopic (exact) mass is 281 g/mol. The second-order valence-electron chi connectivity index (χ2n) is 5.04. The topological polar surface area (TPSA) is 21.3 Å². The van der Waals surface area contributed by atoms with Crippen molar-refractivity contribution in [1.29, 1.82) is 0 Å². The van der Waals surface area contributed by atoms with Gasteiger partial charge in [0.2, 0.25) is 0 Å². The lowest BCUT2D eigenvalue weighted by Gasteiger charge is -2.11. The molecule has 0 unspecified atom stereocenters. The SMILES string of the molecule is CSCCCCCNCc1cccc(OC(C)C)c1. The molecule has 0 aliphatic heterocycles. The number of thioether (sulfide) groups is 1. The summed E-state index contributed by atoms with van der Waals surface area (Å²) in [4.78, 5) is 0. The third-order valence-electron chi connectivity index (χ3n) is 2.80. The molecule has 0 spiro atoms. The zero-order valence-electron chi connectivity index (χ0n) is 12.4. The molecule has 0 bridgehead atoms. The lowest BCUT2D eigenvalue weighted by atomic mass is 10.2. The van der Waals surface area contributed by atoms with E-state index < -0.39 is 0 Å². The van der Waals surface area contributed by atoms with E-state index in [1.807, 2.05) is 17.8 Å². The Labute approximate surface area is 122 Å². The predicted octanol–water partition coefficient (Wildman–Crippen LogP) is 4.10. The van der Waals surface area contributed by atoms with Crippen molar-refractivity contribution in [2.24, 2.45) is 0 Å². The molecule has 0 aliphatic carbocycles. The molecular formula is C16H27NOS. The average Bonchev–Trinajstić information content (AvgIpc) is 2.37. The van der Waals surface area contributed by atoms with Crippen LogP contribution in [0.1, 0.15) is 38.7 Å². The molecule has 1 aromatic rings. The van der Waals surface area contributed by atoms with E-state index in [0.717, 1.165) is 18.8 Å². The van der Waals surface area contributed by atoms with Crippen LogP contribution in [0, 0.1) is 0 Å². The third kappa shape index (κ3) is 8.17. The van der Waals surface area contributed by atoms with E-state index in [2.05, 4.69) is 43.6 Å². The van der Waals surface area contributed by atoms with Crippen molar-refractivity contribution in [1.82, 2.24) is 5.32 Å².